The largest absolute Gasteiger partial charge is 0.481 e. The molecule has 3 N–H and O–H groups in total. The zero-order valence-corrected chi connectivity index (χ0v) is 12.2. The van der Waals surface area contributed by atoms with Crippen LogP contribution in [0.3, 0.4) is 0 Å². The lowest BCUT2D eigenvalue weighted by atomic mass is 9.86. The summed E-state index contributed by atoms with van der Waals surface area (Å²) in [4.78, 5) is 24.7. The van der Waals surface area contributed by atoms with Gasteiger partial charge in [0.25, 0.3) is 0 Å². The van der Waals surface area contributed by atoms with E-state index in [0.717, 1.165) is 0 Å². The third kappa shape index (κ3) is 4.35. The Morgan fingerprint density at radius 3 is 2.25 bits per heavy atom. The molecule has 1 amide bonds. The first-order chi connectivity index (χ1) is 9.23. The van der Waals surface area contributed by atoms with Crippen LogP contribution in [0, 0.1) is 5.41 Å². The van der Waals surface area contributed by atoms with Crippen molar-refractivity contribution < 1.29 is 14.7 Å². The fourth-order valence-electron chi connectivity index (χ4n) is 1.72. The number of hydrogen-bond acceptors (Lipinski definition) is 3. The number of carbonyl (C=O) groups is 2. The second kappa shape index (κ2) is 6.52. The van der Waals surface area contributed by atoms with Crippen LogP contribution in [0.5, 0.6) is 0 Å². The van der Waals surface area contributed by atoms with Gasteiger partial charge >= 0.3 is 5.97 Å². The van der Waals surface area contributed by atoms with E-state index in [1.807, 2.05) is 26.8 Å². The van der Waals surface area contributed by atoms with Crippen LogP contribution in [0.1, 0.15) is 27.2 Å². The summed E-state index contributed by atoms with van der Waals surface area (Å²) in [6.45, 7) is 5.77. The molecule has 5 heteroatoms. The molecule has 0 unspecified atom stereocenters. The molecule has 20 heavy (non-hydrogen) atoms. The van der Waals surface area contributed by atoms with Crippen molar-refractivity contribution in [1.29, 1.82) is 0 Å². The minimum atomic E-state index is -0.942. The maximum Gasteiger partial charge on any atom is 0.305 e. The third-order valence-corrected chi connectivity index (χ3v) is 3.08. The van der Waals surface area contributed by atoms with Crippen LogP contribution >= 0.6 is 0 Å². The molecular formula is C15H22N2O3. The van der Waals surface area contributed by atoms with Gasteiger partial charge in [-0.25, -0.2) is 0 Å². The van der Waals surface area contributed by atoms with E-state index in [1.54, 1.807) is 24.3 Å². The summed E-state index contributed by atoms with van der Waals surface area (Å²) in [5, 5.41) is 8.82. The predicted molar refractivity (Wildman–Crippen MR) is 78.5 cm³/mol. The van der Waals surface area contributed by atoms with Crippen LogP contribution < -0.4 is 10.6 Å². The third-order valence-electron chi connectivity index (χ3n) is 3.08. The van der Waals surface area contributed by atoms with Gasteiger partial charge in [0.05, 0.1) is 12.5 Å². The van der Waals surface area contributed by atoms with Gasteiger partial charge in [0.1, 0.15) is 0 Å². The van der Waals surface area contributed by atoms with E-state index in [2.05, 4.69) is 0 Å². The number of amides is 1. The van der Waals surface area contributed by atoms with Crippen molar-refractivity contribution in [2.75, 3.05) is 11.4 Å². The van der Waals surface area contributed by atoms with Crippen LogP contribution in [0.25, 0.3) is 0 Å². The maximum atomic E-state index is 12.5. The topological polar surface area (TPSA) is 83.6 Å². The summed E-state index contributed by atoms with van der Waals surface area (Å²) >= 11 is 0. The minimum Gasteiger partial charge on any atom is -0.481 e. The fraction of sp³-hybridized carbons (Fsp3) is 0.467. The van der Waals surface area contributed by atoms with E-state index < -0.39 is 12.0 Å². The lowest BCUT2D eigenvalue weighted by Gasteiger charge is -2.32. The lowest BCUT2D eigenvalue weighted by molar-refractivity contribution is -0.136. The molecule has 0 aliphatic heterocycles. The Labute approximate surface area is 119 Å². The molecule has 0 saturated heterocycles. The molecule has 110 valence electrons. The Hall–Kier alpha value is -1.88. The van der Waals surface area contributed by atoms with Gasteiger partial charge in [-0.2, -0.15) is 0 Å². The number of aliphatic carboxylic acids is 1. The van der Waals surface area contributed by atoms with Crippen molar-refractivity contribution >= 4 is 17.6 Å². The van der Waals surface area contributed by atoms with Crippen LogP contribution in [0.15, 0.2) is 30.3 Å². The highest BCUT2D eigenvalue weighted by Crippen LogP contribution is 2.22. The molecule has 0 saturated carbocycles. The number of carbonyl (C=O) groups excluding carboxylic acids is 1. The van der Waals surface area contributed by atoms with Gasteiger partial charge in [-0.3, -0.25) is 9.59 Å². The molecule has 0 heterocycles. The zero-order valence-electron chi connectivity index (χ0n) is 12.2. The van der Waals surface area contributed by atoms with Gasteiger partial charge in [-0.15, -0.1) is 0 Å². The molecule has 1 rings (SSSR count). The normalized spacial score (nSPS) is 12.8. The summed E-state index contributed by atoms with van der Waals surface area (Å²) in [5.74, 6) is -1.20. The first kappa shape index (κ1) is 16.2. The van der Waals surface area contributed by atoms with Gasteiger partial charge in [-0.1, -0.05) is 39.0 Å². The average molecular weight is 278 g/mol. The van der Waals surface area contributed by atoms with Gasteiger partial charge in [-0.05, 0) is 17.5 Å². The van der Waals surface area contributed by atoms with Crippen LogP contribution in [-0.4, -0.2) is 29.6 Å². The van der Waals surface area contributed by atoms with Crippen molar-refractivity contribution in [3.05, 3.63) is 30.3 Å². The van der Waals surface area contributed by atoms with Crippen LogP contribution in [0.4, 0.5) is 5.69 Å². The molecule has 0 aliphatic carbocycles. The average Bonchev–Trinajstić information content (AvgIpc) is 2.37. The summed E-state index contributed by atoms with van der Waals surface area (Å²) < 4.78 is 0. The van der Waals surface area contributed by atoms with E-state index in [1.165, 1.54) is 4.90 Å². The van der Waals surface area contributed by atoms with Crippen molar-refractivity contribution in [2.24, 2.45) is 11.1 Å². The number of carboxylic acid groups (broad SMARTS) is 1. The number of carboxylic acids is 1. The minimum absolute atomic E-state index is 0.113. The Morgan fingerprint density at radius 1 is 1.25 bits per heavy atom. The van der Waals surface area contributed by atoms with Gasteiger partial charge in [0.2, 0.25) is 5.91 Å². The fourth-order valence-corrected chi connectivity index (χ4v) is 1.72. The van der Waals surface area contributed by atoms with Crippen molar-refractivity contribution in [2.45, 2.75) is 33.2 Å². The molecule has 1 aromatic rings. The summed E-state index contributed by atoms with van der Waals surface area (Å²) in [6, 6.07) is 8.31. The van der Waals surface area contributed by atoms with Gasteiger partial charge in [0, 0.05) is 12.2 Å². The van der Waals surface area contributed by atoms with Crippen molar-refractivity contribution in [3.8, 4) is 0 Å². The standard InChI is InChI=1S/C15H22N2O3/c1-15(2,3)13(16)14(20)17(10-9-12(18)19)11-7-5-4-6-8-11/h4-8,13H,9-10,16H2,1-3H3,(H,18,19)/t13-/m1/s1. The molecule has 0 aliphatic rings. The highest BCUT2D eigenvalue weighted by molar-refractivity contribution is 5.97. The number of rotatable bonds is 5. The zero-order chi connectivity index (χ0) is 15.3. The predicted octanol–water partition coefficient (Wildman–Crippen LogP) is 1.87. The first-order valence-electron chi connectivity index (χ1n) is 6.57. The molecule has 5 nitrogen and oxygen atoms in total. The molecule has 1 aromatic carbocycles. The van der Waals surface area contributed by atoms with Crippen molar-refractivity contribution in [1.82, 2.24) is 0 Å². The van der Waals surface area contributed by atoms with E-state index in [0.29, 0.717) is 5.69 Å². The Balaban J connectivity index is 2.99. The highest BCUT2D eigenvalue weighted by Gasteiger charge is 2.31. The van der Waals surface area contributed by atoms with Crippen LogP contribution in [-0.2, 0) is 9.59 Å². The molecule has 0 bridgehead atoms. The Morgan fingerprint density at radius 2 is 1.80 bits per heavy atom. The Kier molecular flexibility index (Phi) is 5.27. The summed E-state index contributed by atoms with van der Waals surface area (Å²) in [5.41, 5.74) is 6.28. The lowest BCUT2D eigenvalue weighted by Crippen LogP contribution is -2.51. The van der Waals surface area contributed by atoms with E-state index in [9.17, 15) is 9.59 Å². The number of anilines is 1. The molecular weight excluding hydrogens is 256 g/mol. The molecule has 1 atom stereocenters. The monoisotopic (exact) mass is 278 g/mol. The van der Waals surface area contributed by atoms with Gasteiger partial charge in [0.15, 0.2) is 0 Å². The molecule has 0 radical (unpaired) electrons. The van der Waals surface area contributed by atoms with E-state index in [-0.39, 0.29) is 24.3 Å². The quantitative estimate of drug-likeness (QED) is 0.861. The summed E-state index contributed by atoms with van der Waals surface area (Å²) in [7, 11) is 0. The number of nitrogens with zero attached hydrogens (tertiary/aromatic N) is 1. The summed E-state index contributed by atoms with van der Waals surface area (Å²) in [6.07, 6.45) is -0.114. The first-order valence-corrected chi connectivity index (χ1v) is 6.57. The molecule has 0 aromatic heterocycles. The maximum absolute atomic E-state index is 12.5. The number of nitrogens with two attached hydrogens (primary N) is 1. The van der Waals surface area contributed by atoms with Gasteiger partial charge < -0.3 is 15.7 Å². The highest BCUT2D eigenvalue weighted by atomic mass is 16.4. The van der Waals surface area contributed by atoms with Crippen LogP contribution in [0.2, 0.25) is 0 Å². The molecule has 0 fully saturated rings. The molecule has 0 spiro atoms. The number of hydrogen-bond donors (Lipinski definition) is 2. The number of benzene rings is 1. The second-order valence-corrected chi connectivity index (χ2v) is 5.81. The second-order valence-electron chi connectivity index (χ2n) is 5.81. The van der Waals surface area contributed by atoms with Crippen molar-refractivity contribution in [3.63, 3.8) is 0 Å². The number of para-hydroxylation sites is 1. The SMILES string of the molecule is CC(C)(C)[C@H](N)C(=O)N(CCC(=O)O)c1ccccc1. The van der Waals surface area contributed by atoms with E-state index >= 15 is 0 Å². The van der Waals surface area contributed by atoms with E-state index in [4.69, 9.17) is 10.8 Å². The smallest absolute Gasteiger partial charge is 0.305 e. The Bertz CT molecular complexity index is 466.